The summed E-state index contributed by atoms with van der Waals surface area (Å²) in [7, 11) is 0. The number of carboxylic acids is 1. The molecule has 0 spiro atoms. The summed E-state index contributed by atoms with van der Waals surface area (Å²) >= 11 is 0. The molecule has 0 fully saturated rings. The zero-order valence-electron chi connectivity index (χ0n) is 14.0. The smallest absolute Gasteiger partial charge is 0.320 e. The van der Waals surface area contributed by atoms with Crippen LogP contribution in [0.1, 0.15) is 38.3 Å². The Bertz CT molecular complexity index is 629. The topological polar surface area (TPSA) is 76.2 Å². The molecule has 2 rings (SSSR count). The molecule has 0 aliphatic carbocycles. The SMILES string of the molecule is CC(C)C[C@H](N)C(=O)O.C[CH-]c1cccc2c(C)ccnc12.[Pd]. The van der Waals surface area contributed by atoms with Crippen LogP contribution < -0.4 is 5.73 Å². The van der Waals surface area contributed by atoms with Crippen LogP contribution in [-0.4, -0.2) is 22.1 Å². The average Bonchev–Trinajstić information content (AvgIpc) is 2.47. The number of fused-ring (bicyclic) bond motifs is 1. The summed E-state index contributed by atoms with van der Waals surface area (Å²) in [5.74, 6) is -0.556. The summed E-state index contributed by atoms with van der Waals surface area (Å²) in [6.07, 6.45) is 4.51. The molecule has 0 amide bonds. The van der Waals surface area contributed by atoms with Gasteiger partial charge in [0.05, 0.1) is 0 Å². The number of aliphatic carboxylic acids is 1. The predicted octanol–water partition coefficient (Wildman–Crippen LogP) is 3.56. The van der Waals surface area contributed by atoms with Crippen molar-refractivity contribution in [1.82, 2.24) is 4.98 Å². The summed E-state index contributed by atoms with van der Waals surface area (Å²) in [5.41, 5.74) is 8.82. The van der Waals surface area contributed by atoms with Crippen molar-refractivity contribution in [2.24, 2.45) is 11.7 Å². The third kappa shape index (κ3) is 6.70. The molecule has 4 nitrogen and oxygen atoms in total. The number of nitrogens with two attached hydrogens (primary N) is 1. The van der Waals surface area contributed by atoms with E-state index in [-0.39, 0.29) is 20.4 Å². The molecule has 0 aliphatic heterocycles. The molecule has 1 aromatic heterocycles. The van der Waals surface area contributed by atoms with Gasteiger partial charge in [0.1, 0.15) is 6.04 Å². The number of hydrogen-bond acceptors (Lipinski definition) is 3. The molecular weight excluding hydrogens is 383 g/mol. The maximum Gasteiger partial charge on any atom is 0.320 e. The normalized spacial score (nSPS) is 11.2. The maximum absolute atomic E-state index is 10.1. The van der Waals surface area contributed by atoms with E-state index < -0.39 is 12.0 Å². The second-order valence-electron chi connectivity index (χ2n) is 5.73. The monoisotopic (exact) mass is 407 g/mol. The summed E-state index contributed by atoms with van der Waals surface area (Å²) in [4.78, 5) is 14.5. The number of aryl methyl sites for hydroxylation is 1. The third-order valence-corrected chi connectivity index (χ3v) is 3.37. The van der Waals surface area contributed by atoms with E-state index in [0.717, 1.165) is 5.52 Å². The summed E-state index contributed by atoms with van der Waals surface area (Å²) in [5, 5.41) is 9.55. The van der Waals surface area contributed by atoms with Gasteiger partial charge >= 0.3 is 5.97 Å². The molecule has 3 N–H and O–H groups in total. The quantitative estimate of drug-likeness (QED) is 0.600. The van der Waals surface area contributed by atoms with Crippen LogP contribution in [-0.2, 0) is 25.2 Å². The van der Waals surface area contributed by atoms with Gasteiger partial charge < -0.3 is 15.8 Å². The van der Waals surface area contributed by atoms with Crippen molar-refractivity contribution in [3.05, 3.63) is 48.0 Å². The second-order valence-corrected chi connectivity index (χ2v) is 5.73. The fourth-order valence-electron chi connectivity index (χ4n) is 2.18. The third-order valence-electron chi connectivity index (χ3n) is 3.37. The number of nitrogens with zero attached hydrogens (tertiary/aromatic N) is 1. The first-order valence-corrected chi connectivity index (χ1v) is 7.48. The molecule has 2 aromatic rings. The number of benzene rings is 1. The molecule has 0 saturated heterocycles. The van der Waals surface area contributed by atoms with E-state index in [1.165, 1.54) is 16.5 Å². The number of carboxylic acid groups (broad SMARTS) is 1. The number of carbonyl (C=O) groups is 1. The van der Waals surface area contributed by atoms with Crippen LogP contribution in [0.4, 0.5) is 0 Å². The van der Waals surface area contributed by atoms with Gasteiger partial charge in [-0.15, -0.1) is 6.07 Å². The van der Waals surface area contributed by atoms with Crippen molar-refractivity contribution in [2.75, 3.05) is 0 Å². The van der Waals surface area contributed by atoms with Crippen LogP contribution in [0.3, 0.4) is 0 Å². The number of rotatable bonds is 4. The number of pyridine rings is 1. The standard InChI is InChI=1S/C12H12N.C6H13NO2.Pd/c1-3-10-5-4-6-11-9(2)7-8-13-12(10)11;1-4(2)3-5(7)6(8)9;/h3-8H,1-2H3;4-5H,3,7H2,1-2H3,(H,8,9);/q-1;;/t;5-;/m.0./s1. The van der Waals surface area contributed by atoms with Gasteiger partial charge in [-0.25, -0.2) is 0 Å². The zero-order valence-corrected chi connectivity index (χ0v) is 15.6. The Hall–Kier alpha value is -1.41. The molecule has 23 heavy (non-hydrogen) atoms. The molecule has 0 radical (unpaired) electrons. The van der Waals surface area contributed by atoms with Gasteiger partial charge in [-0.2, -0.15) is 18.1 Å². The van der Waals surface area contributed by atoms with Crippen LogP contribution in [0.25, 0.3) is 10.9 Å². The van der Waals surface area contributed by atoms with Crippen molar-refractivity contribution in [2.45, 2.75) is 40.2 Å². The zero-order chi connectivity index (χ0) is 16.7. The fourth-order valence-corrected chi connectivity index (χ4v) is 2.18. The van der Waals surface area contributed by atoms with E-state index in [4.69, 9.17) is 10.8 Å². The summed E-state index contributed by atoms with van der Waals surface area (Å²) in [6.45, 7) is 8.05. The predicted molar refractivity (Wildman–Crippen MR) is 90.6 cm³/mol. The Morgan fingerprint density at radius 1 is 1.35 bits per heavy atom. The Kier molecular flexibility index (Phi) is 9.75. The van der Waals surface area contributed by atoms with Crippen molar-refractivity contribution in [3.8, 4) is 0 Å². The van der Waals surface area contributed by atoms with E-state index >= 15 is 0 Å². The van der Waals surface area contributed by atoms with Crippen molar-refractivity contribution >= 4 is 16.9 Å². The van der Waals surface area contributed by atoms with E-state index in [1.54, 1.807) is 0 Å². The number of hydrogen-bond donors (Lipinski definition) is 2. The molecule has 0 aliphatic rings. The second kappa shape index (κ2) is 10.4. The van der Waals surface area contributed by atoms with Crippen molar-refractivity contribution in [3.63, 3.8) is 0 Å². The molecule has 130 valence electrons. The molecule has 0 saturated carbocycles. The van der Waals surface area contributed by atoms with Gasteiger partial charge in [0, 0.05) is 26.6 Å². The molecule has 0 unspecified atom stereocenters. The Morgan fingerprint density at radius 2 is 2.00 bits per heavy atom. The van der Waals surface area contributed by atoms with Gasteiger partial charge in [-0.1, -0.05) is 37.8 Å². The first-order valence-electron chi connectivity index (χ1n) is 7.48. The van der Waals surface area contributed by atoms with Gasteiger partial charge in [-0.05, 0) is 30.8 Å². The maximum atomic E-state index is 10.1. The van der Waals surface area contributed by atoms with E-state index in [9.17, 15) is 4.79 Å². The minimum atomic E-state index is -0.913. The molecular formula is C18H25N2O2Pd-. The number of para-hydroxylation sites is 1. The Balaban J connectivity index is 0.000000434. The van der Waals surface area contributed by atoms with Crippen molar-refractivity contribution < 1.29 is 30.3 Å². The molecule has 1 aromatic carbocycles. The van der Waals surface area contributed by atoms with Gasteiger partial charge in [-0.3, -0.25) is 4.79 Å². The van der Waals surface area contributed by atoms with Crippen LogP contribution in [0, 0.1) is 19.3 Å². The van der Waals surface area contributed by atoms with Gasteiger partial charge in [0.25, 0.3) is 0 Å². The van der Waals surface area contributed by atoms with Gasteiger partial charge in [0.2, 0.25) is 0 Å². The van der Waals surface area contributed by atoms with Crippen LogP contribution in [0.2, 0.25) is 0 Å². The molecule has 5 heteroatoms. The van der Waals surface area contributed by atoms with E-state index in [0.29, 0.717) is 12.3 Å². The summed E-state index contributed by atoms with van der Waals surface area (Å²) < 4.78 is 0. The molecule has 0 bridgehead atoms. The van der Waals surface area contributed by atoms with Crippen molar-refractivity contribution in [1.29, 1.82) is 0 Å². The fraction of sp³-hybridized carbons (Fsp3) is 0.389. The Morgan fingerprint density at radius 3 is 2.48 bits per heavy atom. The first-order chi connectivity index (χ1) is 10.4. The van der Waals surface area contributed by atoms with E-state index in [2.05, 4.69) is 36.5 Å². The average molecular weight is 408 g/mol. The first kappa shape index (κ1) is 21.6. The van der Waals surface area contributed by atoms with Crippen LogP contribution in [0.5, 0.6) is 0 Å². The van der Waals surface area contributed by atoms with Crippen LogP contribution >= 0.6 is 0 Å². The Labute approximate surface area is 152 Å². The number of aromatic nitrogens is 1. The summed E-state index contributed by atoms with van der Waals surface area (Å²) in [6, 6.07) is 7.64. The minimum Gasteiger partial charge on any atom is -0.480 e. The van der Waals surface area contributed by atoms with Crippen LogP contribution in [0.15, 0.2) is 30.5 Å². The minimum absolute atomic E-state index is 0. The van der Waals surface area contributed by atoms with E-state index in [1.807, 2.05) is 33.0 Å². The molecule has 1 heterocycles. The van der Waals surface area contributed by atoms with Gasteiger partial charge in [0.15, 0.2) is 0 Å². The largest absolute Gasteiger partial charge is 0.480 e. The molecule has 1 atom stereocenters.